The van der Waals surface area contributed by atoms with Crippen molar-refractivity contribution in [2.75, 3.05) is 38.2 Å². The number of likely N-dealkylation sites (tertiary alicyclic amines) is 1. The van der Waals surface area contributed by atoms with Crippen LogP contribution in [0.4, 0.5) is 5.95 Å². The number of hydrogen-bond donors (Lipinski definition) is 1. The monoisotopic (exact) mass is 346 g/mol. The summed E-state index contributed by atoms with van der Waals surface area (Å²) in [5, 5.41) is 3.28. The lowest BCUT2D eigenvalue weighted by Gasteiger charge is -2.21. The number of carbonyl (C=O) groups excluding carboxylic acids is 1. The molecule has 25 heavy (non-hydrogen) atoms. The van der Waals surface area contributed by atoms with Gasteiger partial charge >= 0.3 is 0 Å². The van der Waals surface area contributed by atoms with Crippen molar-refractivity contribution in [1.29, 1.82) is 0 Å². The summed E-state index contributed by atoms with van der Waals surface area (Å²) in [6, 6.07) is 1.80. The minimum absolute atomic E-state index is 0.100. The van der Waals surface area contributed by atoms with E-state index in [1.165, 1.54) is 12.8 Å². The molecule has 4 rings (SSSR count). The highest BCUT2D eigenvalue weighted by Gasteiger charge is 2.45. The molecular formula is C18H26N4O3. The zero-order valence-corrected chi connectivity index (χ0v) is 14.5. The second-order valence-electron chi connectivity index (χ2n) is 7.27. The summed E-state index contributed by atoms with van der Waals surface area (Å²) in [7, 11) is 0. The number of nitrogens with one attached hydrogen (secondary N) is 1. The van der Waals surface area contributed by atoms with Crippen LogP contribution in [0.25, 0.3) is 0 Å². The predicted molar refractivity (Wildman–Crippen MR) is 92.0 cm³/mol. The SMILES string of the molecule is O=C(COC1CCCC1)N1C[C@@H]2[C@@H](CNc3ncccn3)CO[C@@H]2C1. The Hall–Kier alpha value is -1.73. The van der Waals surface area contributed by atoms with E-state index in [0.29, 0.717) is 24.3 Å². The first-order valence-corrected chi connectivity index (χ1v) is 9.31. The number of ether oxygens (including phenoxy) is 2. The van der Waals surface area contributed by atoms with E-state index in [-0.39, 0.29) is 24.7 Å². The Bertz CT molecular complexity index is 579. The third kappa shape index (κ3) is 3.93. The molecule has 1 amide bonds. The highest BCUT2D eigenvalue weighted by atomic mass is 16.5. The zero-order chi connectivity index (χ0) is 17.1. The van der Waals surface area contributed by atoms with Gasteiger partial charge in [0.2, 0.25) is 11.9 Å². The molecule has 1 aliphatic carbocycles. The standard InChI is InChI=1S/C18H26N4O3/c23-17(12-24-14-4-1-2-5-14)22-9-15-13(11-25-16(15)10-22)8-21-18-19-6-3-7-20-18/h3,6-7,13-16H,1-2,4-5,8-12H2,(H,19,20,21)/t13-,15+,16+/m0/s1. The van der Waals surface area contributed by atoms with Crippen LogP contribution < -0.4 is 5.32 Å². The number of anilines is 1. The molecule has 2 aliphatic heterocycles. The molecule has 2 saturated heterocycles. The highest BCUT2D eigenvalue weighted by Crippen LogP contribution is 2.34. The molecule has 3 aliphatic rings. The number of rotatable bonds is 6. The van der Waals surface area contributed by atoms with Gasteiger partial charge in [-0.2, -0.15) is 0 Å². The molecule has 3 fully saturated rings. The summed E-state index contributed by atoms with van der Waals surface area (Å²) in [5.41, 5.74) is 0. The maximum atomic E-state index is 12.4. The van der Waals surface area contributed by atoms with Crippen molar-refractivity contribution in [1.82, 2.24) is 14.9 Å². The largest absolute Gasteiger partial charge is 0.376 e. The molecule has 0 spiro atoms. The molecule has 0 unspecified atom stereocenters. The summed E-state index contributed by atoms with van der Waals surface area (Å²) in [4.78, 5) is 22.7. The summed E-state index contributed by atoms with van der Waals surface area (Å²) in [6.07, 6.45) is 8.52. The molecular weight excluding hydrogens is 320 g/mol. The van der Waals surface area contributed by atoms with Crippen molar-refractivity contribution in [3.63, 3.8) is 0 Å². The zero-order valence-electron chi connectivity index (χ0n) is 14.5. The average Bonchev–Trinajstić information content (AvgIpc) is 3.36. The van der Waals surface area contributed by atoms with Crippen molar-refractivity contribution < 1.29 is 14.3 Å². The maximum Gasteiger partial charge on any atom is 0.248 e. The van der Waals surface area contributed by atoms with Crippen LogP contribution in [-0.4, -0.2) is 65.8 Å². The highest BCUT2D eigenvalue weighted by molar-refractivity contribution is 5.77. The maximum absolute atomic E-state index is 12.4. The summed E-state index contributed by atoms with van der Waals surface area (Å²) >= 11 is 0. The van der Waals surface area contributed by atoms with Crippen LogP contribution in [0.2, 0.25) is 0 Å². The summed E-state index contributed by atoms with van der Waals surface area (Å²) in [5.74, 6) is 1.50. The Kier molecular flexibility index (Phi) is 5.12. The number of amides is 1. The quantitative estimate of drug-likeness (QED) is 0.837. The Labute approximate surface area is 148 Å². The van der Waals surface area contributed by atoms with Crippen LogP contribution >= 0.6 is 0 Å². The van der Waals surface area contributed by atoms with Crippen LogP contribution in [0, 0.1) is 11.8 Å². The van der Waals surface area contributed by atoms with E-state index < -0.39 is 0 Å². The van der Waals surface area contributed by atoms with E-state index >= 15 is 0 Å². The average molecular weight is 346 g/mol. The van der Waals surface area contributed by atoms with Crippen LogP contribution in [-0.2, 0) is 14.3 Å². The van der Waals surface area contributed by atoms with E-state index in [9.17, 15) is 4.79 Å². The van der Waals surface area contributed by atoms with Gasteiger partial charge in [-0.1, -0.05) is 12.8 Å². The third-order valence-electron chi connectivity index (χ3n) is 5.62. The van der Waals surface area contributed by atoms with Crippen LogP contribution in [0.1, 0.15) is 25.7 Å². The molecule has 1 aromatic rings. The van der Waals surface area contributed by atoms with Crippen molar-refractivity contribution >= 4 is 11.9 Å². The summed E-state index contributed by atoms with van der Waals surface area (Å²) < 4.78 is 11.7. The molecule has 136 valence electrons. The minimum Gasteiger partial charge on any atom is -0.376 e. The molecule has 1 aromatic heterocycles. The Morgan fingerprint density at radius 1 is 1.28 bits per heavy atom. The molecule has 3 atom stereocenters. The normalized spacial score (nSPS) is 29.1. The van der Waals surface area contributed by atoms with Gasteiger partial charge in [-0.25, -0.2) is 9.97 Å². The van der Waals surface area contributed by atoms with Gasteiger partial charge < -0.3 is 19.7 Å². The first kappa shape index (κ1) is 16.7. The van der Waals surface area contributed by atoms with Crippen molar-refractivity contribution in [2.45, 2.75) is 37.9 Å². The van der Waals surface area contributed by atoms with Gasteiger partial charge in [-0.15, -0.1) is 0 Å². The van der Waals surface area contributed by atoms with Gasteiger partial charge in [0.1, 0.15) is 6.61 Å². The van der Waals surface area contributed by atoms with E-state index in [0.717, 1.165) is 32.5 Å². The smallest absolute Gasteiger partial charge is 0.248 e. The Balaban J connectivity index is 1.25. The number of carbonyl (C=O) groups is 1. The van der Waals surface area contributed by atoms with Crippen molar-refractivity contribution in [2.24, 2.45) is 11.8 Å². The number of fused-ring (bicyclic) bond motifs is 1. The molecule has 0 radical (unpaired) electrons. The Morgan fingerprint density at radius 2 is 2.08 bits per heavy atom. The number of nitrogens with zero attached hydrogens (tertiary/aromatic N) is 3. The van der Waals surface area contributed by atoms with Gasteiger partial charge in [0, 0.05) is 43.9 Å². The fraction of sp³-hybridized carbons (Fsp3) is 0.722. The molecule has 0 bridgehead atoms. The van der Waals surface area contributed by atoms with E-state index in [4.69, 9.17) is 9.47 Å². The second-order valence-corrected chi connectivity index (χ2v) is 7.27. The molecule has 1 N–H and O–H groups in total. The molecule has 3 heterocycles. The topological polar surface area (TPSA) is 76.6 Å². The van der Waals surface area contributed by atoms with Gasteiger partial charge in [-0.3, -0.25) is 4.79 Å². The Morgan fingerprint density at radius 3 is 2.88 bits per heavy atom. The summed E-state index contributed by atoms with van der Waals surface area (Å²) in [6.45, 7) is 3.17. The number of hydrogen-bond acceptors (Lipinski definition) is 6. The predicted octanol–water partition coefficient (Wildman–Crippen LogP) is 1.32. The first-order chi connectivity index (χ1) is 12.3. The minimum atomic E-state index is 0.100. The van der Waals surface area contributed by atoms with Gasteiger partial charge in [-0.05, 0) is 18.9 Å². The van der Waals surface area contributed by atoms with Crippen LogP contribution in [0.15, 0.2) is 18.5 Å². The lowest BCUT2D eigenvalue weighted by molar-refractivity contribution is -0.137. The lowest BCUT2D eigenvalue weighted by Crippen LogP contribution is -2.35. The number of aromatic nitrogens is 2. The fourth-order valence-electron chi connectivity index (χ4n) is 4.16. The molecule has 7 nitrogen and oxygen atoms in total. The molecule has 0 aromatic carbocycles. The third-order valence-corrected chi connectivity index (χ3v) is 5.62. The van der Waals surface area contributed by atoms with Crippen LogP contribution in [0.3, 0.4) is 0 Å². The van der Waals surface area contributed by atoms with Gasteiger partial charge in [0.25, 0.3) is 0 Å². The van der Waals surface area contributed by atoms with Crippen LogP contribution in [0.5, 0.6) is 0 Å². The van der Waals surface area contributed by atoms with Crippen molar-refractivity contribution in [3.05, 3.63) is 18.5 Å². The van der Waals surface area contributed by atoms with Gasteiger partial charge in [0.05, 0.1) is 18.8 Å². The fourth-order valence-corrected chi connectivity index (χ4v) is 4.16. The lowest BCUT2D eigenvalue weighted by atomic mass is 9.93. The molecule has 7 heteroatoms. The van der Waals surface area contributed by atoms with Crippen molar-refractivity contribution in [3.8, 4) is 0 Å². The van der Waals surface area contributed by atoms with E-state index in [1.807, 2.05) is 4.90 Å². The van der Waals surface area contributed by atoms with E-state index in [1.54, 1.807) is 18.5 Å². The molecule has 1 saturated carbocycles. The van der Waals surface area contributed by atoms with E-state index in [2.05, 4.69) is 15.3 Å². The first-order valence-electron chi connectivity index (χ1n) is 9.31. The second kappa shape index (κ2) is 7.66. The van der Waals surface area contributed by atoms with Gasteiger partial charge in [0.15, 0.2) is 0 Å².